The number of hydrogen-bond acceptors (Lipinski definition) is 3. The second-order valence-corrected chi connectivity index (χ2v) is 2.86. The molecule has 0 aromatic heterocycles. The lowest BCUT2D eigenvalue weighted by molar-refractivity contribution is 0.0644. The van der Waals surface area contributed by atoms with Crippen LogP contribution in [0, 0.1) is 0 Å². The van der Waals surface area contributed by atoms with E-state index in [1.165, 1.54) is 0 Å². The first-order valence-corrected chi connectivity index (χ1v) is 4.77. The van der Waals surface area contributed by atoms with Gasteiger partial charge in [0.1, 0.15) is 0 Å². The zero-order chi connectivity index (χ0) is 9.94. The van der Waals surface area contributed by atoms with Gasteiger partial charge in [-0.15, -0.1) is 6.58 Å². The van der Waals surface area contributed by atoms with E-state index in [-0.39, 0.29) is 6.04 Å². The Morgan fingerprint density at radius 3 is 2.77 bits per heavy atom. The minimum atomic E-state index is 0.261. The van der Waals surface area contributed by atoms with Gasteiger partial charge in [0.05, 0.1) is 19.8 Å². The number of rotatable bonds is 9. The third kappa shape index (κ3) is 7.96. The summed E-state index contributed by atoms with van der Waals surface area (Å²) in [5, 5.41) is 3.31. The molecule has 1 N–H and O–H groups in total. The van der Waals surface area contributed by atoms with Crippen LogP contribution in [0.4, 0.5) is 0 Å². The summed E-state index contributed by atoms with van der Waals surface area (Å²) in [6.45, 7) is 8.85. The zero-order valence-electron chi connectivity index (χ0n) is 8.71. The molecule has 1 atom stereocenters. The van der Waals surface area contributed by atoms with Crippen molar-refractivity contribution in [2.24, 2.45) is 0 Å². The van der Waals surface area contributed by atoms with E-state index in [2.05, 4.69) is 18.8 Å². The maximum absolute atomic E-state index is 5.37. The summed E-state index contributed by atoms with van der Waals surface area (Å²) in [4.78, 5) is 0. The van der Waals surface area contributed by atoms with E-state index in [1.807, 2.05) is 6.08 Å². The fourth-order valence-corrected chi connectivity index (χ4v) is 0.893. The number of hydrogen-bond donors (Lipinski definition) is 1. The standard InChI is InChI=1S/C10H21NO2/c1-4-6-11-10(5-2)9-13-8-7-12-3/h5,10-11H,2,4,6-9H2,1,3H3. The minimum Gasteiger partial charge on any atom is -0.382 e. The fourth-order valence-electron chi connectivity index (χ4n) is 0.893. The van der Waals surface area contributed by atoms with Crippen molar-refractivity contribution in [2.45, 2.75) is 19.4 Å². The van der Waals surface area contributed by atoms with Crippen molar-refractivity contribution >= 4 is 0 Å². The van der Waals surface area contributed by atoms with Gasteiger partial charge in [0.2, 0.25) is 0 Å². The molecule has 3 heteroatoms. The van der Waals surface area contributed by atoms with E-state index in [1.54, 1.807) is 7.11 Å². The van der Waals surface area contributed by atoms with Gasteiger partial charge in [-0.1, -0.05) is 13.0 Å². The van der Waals surface area contributed by atoms with Crippen LogP contribution in [0.5, 0.6) is 0 Å². The molecule has 0 amide bonds. The van der Waals surface area contributed by atoms with Gasteiger partial charge in [-0.25, -0.2) is 0 Å². The maximum Gasteiger partial charge on any atom is 0.0701 e. The molecular weight excluding hydrogens is 166 g/mol. The molecule has 0 aliphatic carbocycles. The fraction of sp³-hybridized carbons (Fsp3) is 0.800. The van der Waals surface area contributed by atoms with Crippen molar-refractivity contribution in [1.82, 2.24) is 5.32 Å². The summed E-state index contributed by atoms with van der Waals surface area (Å²) in [6.07, 6.45) is 3.00. The highest BCUT2D eigenvalue weighted by atomic mass is 16.5. The average Bonchev–Trinajstić information content (AvgIpc) is 2.17. The molecule has 3 nitrogen and oxygen atoms in total. The van der Waals surface area contributed by atoms with E-state index in [9.17, 15) is 0 Å². The number of ether oxygens (including phenoxy) is 2. The van der Waals surface area contributed by atoms with Crippen molar-refractivity contribution in [1.29, 1.82) is 0 Å². The van der Waals surface area contributed by atoms with E-state index in [4.69, 9.17) is 9.47 Å². The molecule has 0 bridgehead atoms. The smallest absolute Gasteiger partial charge is 0.0701 e. The molecule has 0 aliphatic heterocycles. The number of methoxy groups -OCH3 is 1. The molecule has 1 unspecified atom stereocenters. The molecule has 0 spiro atoms. The van der Waals surface area contributed by atoms with Crippen LogP contribution in [0.25, 0.3) is 0 Å². The van der Waals surface area contributed by atoms with Crippen molar-refractivity contribution in [3.8, 4) is 0 Å². The first-order valence-electron chi connectivity index (χ1n) is 4.77. The van der Waals surface area contributed by atoms with Crippen molar-refractivity contribution < 1.29 is 9.47 Å². The Morgan fingerprint density at radius 1 is 1.46 bits per heavy atom. The minimum absolute atomic E-state index is 0.261. The van der Waals surface area contributed by atoms with Crippen molar-refractivity contribution in [3.63, 3.8) is 0 Å². The van der Waals surface area contributed by atoms with Crippen molar-refractivity contribution in [2.75, 3.05) is 33.5 Å². The van der Waals surface area contributed by atoms with Gasteiger partial charge in [-0.2, -0.15) is 0 Å². The summed E-state index contributed by atoms with van der Waals surface area (Å²) in [6, 6.07) is 0.261. The molecule has 0 fully saturated rings. The SMILES string of the molecule is C=CC(COCCOC)NCCC. The second-order valence-electron chi connectivity index (χ2n) is 2.86. The predicted octanol–water partition coefficient (Wildman–Crippen LogP) is 1.20. The molecule has 0 aromatic carbocycles. The lowest BCUT2D eigenvalue weighted by Crippen LogP contribution is -2.32. The molecule has 0 saturated heterocycles. The molecular formula is C10H21NO2. The van der Waals surface area contributed by atoms with Gasteiger partial charge in [0, 0.05) is 13.2 Å². The van der Waals surface area contributed by atoms with Crippen LogP contribution in [0.2, 0.25) is 0 Å². The zero-order valence-corrected chi connectivity index (χ0v) is 8.71. The van der Waals surface area contributed by atoms with E-state index in [0.29, 0.717) is 19.8 Å². The first kappa shape index (κ1) is 12.6. The molecule has 0 heterocycles. The third-order valence-corrected chi connectivity index (χ3v) is 1.67. The summed E-state index contributed by atoms with van der Waals surface area (Å²) in [5.74, 6) is 0. The van der Waals surface area contributed by atoms with Gasteiger partial charge in [0.15, 0.2) is 0 Å². The third-order valence-electron chi connectivity index (χ3n) is 1.67. The molecule has 78 valence electrons. The Balaban J connectivity index is 3.31. The second kappa shape index (κ2) is 9.71. The number of nitrogens with one attached hydrogen (secondary N) is 1. The van der Waals surface area contributed by atoms with Crippen LogP contribution in [-0.2, 0) is 9.47 Å². The molecule has 0 aromatic rings. The molecule has 0 aliphatic rings. The van der Waals surface area contributed by atoms with Gasteiger partial charge >= 0.3 is 0 Å². The van der Waals surface area contributed by atoms with Crippen LogP contribution in [0.3, 0.4) is 0 Å². The highest BCUT2D eigenvalue weighted by molar-refractivity contribution is 4.84. The Kier molecular flexibility index (Phi) is 9.42. The monoisotopic (exact) mass is 187 g/mol. The summed E-state index contributed by atoms with van der Waals surface area (Å²) in [5.41, 5.74) is 0. The summed E-state index contributed by atoms with van der Waals surface area (Å²) < 4.78 is 10.2. The molecule has 13 heavy (non-hydrogen) atoms. The Labute approximate surface area is 81.1 Å². The van der Waals surface area contributed by atoms with E-state index in [0.717, 1.165) is 13.0 Å². The van der Waals surface area contributed by atoms with Gasteiger partial charge in [-0.05, 0) is 13.0 Å². The topological polar surface area (TPSA) is 30.5 Å². The van der Waals surface area contributed by atoms with E-state index < -0.39 is 0 Å². The Morgan fingerprint density at radius 2 is 2.23 bits per heavy atom. The van der Waals surface area contributed by atoms with Crippen LogP contribution in [-0.4, -0.2) is 39.5 Å². The Bertz CT molecular complexity index is 117. The predicted molar refractivity (Wildman–Crippen MR) is 55.0 cm³/mol. The van der Waals surface area contributed by atoms with Gasteiger partial charge < -0.3 is 14.8 Å². The molecule has 0 rings (SSSR count). The highest BCUT2D eigenvalue weighted by Gasteiger charge is 2.01. The van der Waals surface area contributed by atoms with Gasteiger partial charge in [0.25, 0.3) is 0 Å². The van der Waals surface area contributed by atoms with E-state index >= 15 is 0 Å². The molecule has 0 saturated carbocycles. The quantitative estimate of drug-likeness (QED) is 0.434. The van der Waals surface area contributed by atoms with Crippen LogP contribution in [0.1, 0.15) is 13.3 Å². The van der Waals surface area contributed by atoms with Crippen LogP contribution < -0.4 is 5.32 Å². The van der Waals surface area contributed by atoms with Gasteiger partial charge in [-0.3, -0.25) is 0 Å². The normalized spacial score (nSPS) is 12.8. The highest BCUT2D eigenvalue weighted by Crippen LogP contribution is 1.88. The lowest BCUT2D eigenvalue weighted by Gasteiger charge is -2.13. The Hall–Kier alpha value is -0.380. The van der Waals surface area contributed by atoms with Crippen LogP contribution >= 0.6 is 0 Å². The first-order chi connectivity index (χ1) is 6.35. The summed E-state index contributed by atoms with van der Waals surface area (Å²) >= 11 is 0. The molecule has 0 radical (unpaired) electrons. The largest absolute Gasteiger partial charge is 0.382 e. The maximum atomic E-state index is 5.37. The average molecular weight is 187 g/mol. The summed E-state index contributed by atoms with van der Waals surface area (Å²) in [7, 11) is 1.67. The van der Waals surface area contributed by atoms with Crippen LogP contribution in [0.15, 0.2) is 12.7 Å². The van der Waals surface area contributed by atoms with Crippen molar-refractivity contribution in [3.05, 3.63) is 12.7 Å². The lowest BCUT2D eigenvalue weighted by atomic mass is 10.3.